The van der Waals surface area contributed by atoms with E-state index in [9.17, 15) is 24.5 Å². The van der Waals surface area contributed by atoms with Gasteiger partial charge in [0.1, 0.15) is 0 Å². The van der Waals surface area contributed by atoms with Crippen molar-refractivity contribution >= 4 is 40.4 Å². The van der Waals surface area contributed by atoms with E-state index in [-0.39, 0.29) is 30.1 Å². The molecule has 0 radical (unpaired) electrons. The Kier molecular flexibility index (Phi) is 7.21. The molecule has 0 bridgehead atoms. The van der Waals surface area contributed by atoms with Gasteiger partial charge in [-0.2, -0.15) is 0 Å². The van der Waals surface area contributed by atoms with Crippen molar-refractivity contribution in [3.63, 3.8) is 0 Å². The average Bonchev–Trinajstić information content (AvgIpc) is 3.20. The van der Waals surface area contributed by atoms with Crippen LogP contribution < -0.4 is 10.1 Å². The van der Waals surface area contributed by atoms with Crippen LogP contribution in [-0.4, -0.2) is 36.3 Å². The quantitative estimate of drug-likeness (QED) is 0.293. The predicted octanol–water partition coefficient (Wildman–Crippen LogP) is 3.12. The summed E-state index contributed by atoms with van der Waals surface area (Å²) in [4.78, 5) is 46.5. The lowest BCUT2D eigenvalue weighted by Crippen LogP contribution is -2.21. The summed E-state index contributed by atoms with van der Waals surface area (Å²) in [5.41, 5.74) is 0.532. The lowest BCUT2D eigenvalue weighted by molar-refractivity contribution is -0.385. The Morgan fingerprint density at radius 2 is 2.00 bits per heavy atom. The van der Waals surface area contributed by atoms with Crippen molar-refractivity contribution in [1.29, 1.82) is 0 Å². The molecule has 0 fully saturated rings. The molecular weight excluding hydrogens is 388 g/mol. The Bertz CT molecular complexity index is 894. The number of hydrogen-bond acceptors (Lipinski definition) is 8. The Morgan fingerprint density at radius 1 is 1.25 bits per heavy atom. The number of rotatable bonds is 9. The predicted molar refractivity (Wildman–Crippen MR) is 102 cm³/mol. The number of thiophene rings is 1. The molecule has 1 aromatic heterocycles. The highest BCUT2D eigenvalue weighted by molar-refractivity contribution is 7.12. The van der Waals surface area contributed by atoms with Crippen molar-refractivity contribution in [2.45, 2.75) is 19.8 Å². The second kappa shape index (κ2) is 9.60. The topological polar surface area (TPSA) is 125 Å². The highest BCUT2D eigenvalue weighted by Gasteiger charge is 2.19. The van der Waals surface area contributed by atoms with Crippen LogP contribution in [0.2, 0.25) is 0 Å². The Labute approximate surface area is 164 Å². The first-order valence-electron chi connectivity index (χ1n) is 8.17. The van der Waals surface area contributed by atoms with Gasteiger partial charge in [0.2, 0.25) is 0 Å². The van der Waals surface area contributed by atoms with E-state index in [1.807, 2.05) is 0 Å². The molecule has 0 aliphatic heterocycles. The van der Waals surface area contributed by atoms with Crippen LogP contribution in [0.3, 0.4) is 0 Å². The third-order valence-electron chi connectivity index (χ3n) is 3.71. The Balaban J connectivity index is 1.86. The molecule has 1 amide bonds. The van der Waals surface area contributed by atoms with Crippen LogP contribution in [0, 0.1) is 17.0 Å². The lowest BCUT2D eigenvalue weighted by Gasteiger charge is -2.11. The van der Waals surface area contributed by atoms with Gasteiger partial charge in [-0.05, 0) is 23.9 Å². The number of ketones is 1. The van der Waals surface area contributed by atoms with Crippen LogP contribution in [0.5, 0.6) is 5.75 Å². The number of Topliss-reactive ketones (excluding diaryl/α,β-unsaturated/α-hetero) is 1. The van der Waals surface area contributed by atoms with Crippen LogP contribution >= 0.6 is 11.3 Å². The number of nitrogens with zero attached hydrogens (tertiary/aromatic N) is 1. The van der Waals surface area contributed by atoms with Gasteiger partial charge in [0.15, 0.2) is 18.1 Å². The minimum Gasteiger partial charge on any atom is -0.490 e. The molecule has 0 aliphatic carbocycles. The summed E-state index contributed by atoms with van der Waals surface area (Å²) >= 11 is 1.29. The Hall–Kier alpha value is -3.27. The zero-order valence-corrected chi connectivity index (χ0v) is 16.0. The molecule has 0 saturated carbocycles. The van der Waals surface area contributed by atoms with Gasteiger partial charge in [-0.15, -0.1) is 11.3 Å². The standard InChI is InChI=1S/C18H18N2O7S/c1-11-8-13(20(24)25)15(26-2)9-12(11)19-17(22)10-27-18(23)6-5-14(21)16-4-3-7-28-16/h3-4,7-9H,5-6,10H2,1-2H3,(H,19,22). The maximum Gasteiger partial charge on any atom is 0.311 e. The monoisotopic (exact) mass is 406 g/mol. The molecule has 9 nitrogen and oxygen atoms in total. The van der Waals surface area contributed by atoms with E-state index in [1.165, 1.54) is 30.6 Å². The molecule has 0 aliphatic rings. The van der Waals surface area contributed by atoms with Gasteiger partial charge in [-0.1, -0.05) is 6.07 Å². The minimum absolute atomic E-state index is 0.000372. The third-order valence-corrected chi connectivity index (χ3v) is 4.62. The van der Waals surface area contributed by atoms with E-state index >= 15 is 0 Å². The van der Waals surface area contributed by atoms with Crippen LogP contribution in [0.1, 0.15) is 28.1 Å². The van der Waals surface area contributed by atoms with Gasteiger partial charge in [0.05, 0.1) is 23.3 Å². The summed E-state index contributed by atoms with van der Waals surface area (Å²) < 4.78 is 9.82. The molecule has 0 atom stereocenters. The molecule has 1 aromatic carbocycles. The molecule has 2 rings (SSSR count). The number of amides is 1. The minimum atomic E-state index is -0.668. The van der Waals surface area contributed by atoms with Gasteiger partial charge in [-0.25, -0.2) is 0 Å². The first-order chi connectivity index (χ1) is 13.3. The molecule has 1 N–H and O–H groups in total. The van der Waals surface area contributed by atoms with E-state index in [2.05, 4.69) is 5.32 Å². The summed E-state index contributed by atoms with van der Waals surface area (Å²) in [5, 5.41) is 15.3. The average molecular weight is 406 g/mol. The summed E-state index contributed by atoms with van der Waals surface area (Å²) in [6, 6.07) is 6.02. The van der Waals surface area contributed by atoms with Gasteiger partial charge in [0.25, 0.3) is 5.91 Å². The van der Waals surface area contributed by atoms with Gasteiger partial charge in [-0.3, -0.25) is 24.5 Å². The number of carbonyl (C=O) groups excluding carboxylic acids is 3. The number of nitrogens with one attached hydrogen (secondary N) is 1. The highest BCUT2D eigenvalue weighted by Crippen LogP contribution is 2.32. The van der Waals surface area contributed by atoms with E-state index in [1.54, 1.807) is 24.4 Å². The van der Waals surface area contributed by atoms with Crippen molar-refractivity contribution in [1.82, 2.24) is 0 Å². The van der Waals surface area contributed by atoms with E-state index in [0.29, 0.717) is 16.1 Å². The second-order valence-corrected chi connectivity index (χ2v) is 6.65. The van der Waals surface area contributed by atoms with Crippen molar-refractivity contribution in [3.05, 3.63) is 50.2 Å². The molecule has 1 heterocycles. The molecule has 0 spiro atoms. The van der Waals surface area contributed by atoms with Crippen molar-refractivity contribution in [3.8, 4) is 5.75 Å². The molecule has 28 heavy (non-hydrogen) atoms. The van der Waals surface area contributed by atoms with E-state index in [0.717, 1.165) is 0 Å². The number of methoxy groups -OCH3 is 1. The SMILES string of the molecule is COc1cc(NC(=O)COC(=O)CCC(=O)c2cccs2)c(C)cc1[N+](=O)[O-]. The van der Waals surface area contributed by atoms with Crippen molar-refractivity contribution < 1.29 is 28.8 Å². The number of nitro benzene ring substituents is 1. The molecule has 0 unspecified atom stereocenters. The summed E-state index contributed by atoms with van der Waals surface area (Å²) in [6.07, 6.45) is -0.131. The normalized spacial score (nSPS) is 10.2. The second-order valence-electron chi connectivity index (χ2n) is 5.71. The summed E-state index contributed by atoms with van der Waals surface area (Å²) in [5.74, 6) is -1.45. The molecule has 0 saturated heterocycles. The fourth-order valence-corrected chi connectivity index (χ4v) is 2.99. The smallest absolute Gasteiger partial charge is 0.311 e. The van der Waals surface area contributed by atoms with Crippen molar-refractivity contribution in [2.24, 2.45) is 0 Å². The fourth-order valence-electron chi connectivity index (χ4n) is 2.29. The van der Waals surface area contributed by atoms with Crippen LogP contribution in [0.15, 0.2) is 29.6 Å². The number of anilines is 1. The summed E-state index contributed by atoms with van der Waals surface area (Å²) in [6.45, 7) is 1.05. The molecular formula is C18H18N2O7S. The maximum absolute atomic E-state index is 12.0. The number of nitro groups is 1. The number of carbonyl (C=O) groups is 3. The lowest BCUT2D eigenvalue weighted by atomic mass is 10.1. The third kappa shape index (κ3) is 5.61. The first kappa shape index (κ1) is 21.0. The van der Waals surface area contributed by atoms with Crippen LogP contribution in [0.25, 0.3) is 0 Å². The first-order valence-corrected chi connectivity index (χ1v) is 9.05. The van der Waals surface area contributed by atoms with Gasteiger partial charge >= 0.3 is 11.7 Å². The molecule has 2 aromatic rings. The van der Waals surface area contributed by atoms with Gasteiger partial charge in [0, 0.05) is 24.2 Å². The largest absolute Gasteiger partial charge is 0.490 e. The summed E-state index contributed by atoms with van der Waals surface area (Å²) in [7, 11) is 1.28. The van der Waals surface area contributed by atoms with Crippen LogP contribution in [-0.2, 0) is 14.3 Å². The fraction of sp³-hybridized carbons (Fsp3) is 0.278. The van der Waals surface area contributed by atoms with Crippen LogP contribution in [0.4, 0.5) is 11.4 Å². The van der Waals surface area contributed by atoms with Crippen molar-refractivity contribution in [2.75, 3.05) is 19.0 Å². The number of esters is 1. The number of hydrogen-bond donors (Lipinski definition) is 1. The zero-order chi connectivity index (χ0) is 20.7. The number of aryl methyl sites for hydroxylation is 1. The van der Waals surface area contributed by atoms with E-state index in [4.69, 9.17) is 9.47 Å². The Morgan fingerprint density at radius 3 is 2.61 bits per heavy atom. The molecule has 10 heteroatoms. The number of ether oxygens (including phenoxy) is 2. The van der Waals surface area contributed by atoms with Gasteiger partial charge < -0.3 is 14.8 Å². The number of benzene rings is 1. The molecule has 148 valence electrons. The zero-order valence-electron chi connectivity index (χ0n) is 15.2. The van der Waals surface area contributed by atoms with E-state index < -0.39 is 23.4 Å². The highest BCUT2D eigenvalue weighted by atomic mass is 32.1. The maximum atomic E-state index is 12.0.